The topological polar surface area (TPSA) is 97.7 Å². The standard InChI is InChI=1S/C24H29F4N5O4/c1-24(2,3)37-23(35)31-16-8-13(11-36-19(16)14-7-12(25)5-6-15(14)26)32-9-17-18(10-32)33(22(27)28)20(30-17)21(34)29-4/h5-7,13,16,19,22H,8-11H2,1-4H3,(H,29,34)(H,31,35)/t13-,16+,19-/m1/s1. The summed E-state index contributed by atoms with van der Waals surface area (Å²) in [6.45, 7) is 2.41. The number of halogens is 4. The molecule has 0 aliphatic carbocycles. The zero-order chi connectivity index (χ0) is 27.1. The van der Waals surface area contributed by atoms with Gasteiger partial charge in [-0.2, -0.15) is 8.78 Å². The second kappa shape index (κ2) is 10.3. The maximum absolute atomic E-state index is 14.6. The number of ether oxygens (including phenoxy) is 2. The largest absolute Gasteiger partial charge is 0.444 e. The van der Waals surface area contributed by atoms with Gasteiger partial charge < -0.3 is 20.1 Å². The Morgan fingerprint density at radius 1 is 1.22 bits per heavy atom. The number of alkyl carbamates (subject to hydrolysis) is 1. The fourth-order valence-electron chi connectivity index (χ4n) is 4.69. The molecular formula is C24H29F4N5O4. The Morgan fingerprint density at radius 3 is 2.59 bits per heavy atom. The van der Waals surface area contributed by atoms with E-state index in [4.69, 9.17) is 9.47 Å². The van der Waals surface area contributed by atoms with Crippen molar-refractivity contribution in [1.82, 2.24) is 25.1 Å². The highest BCUT2D eigenvalue weighted by Crippen LogP contribution is 2.36. The molecule has 3 atom stereocenters. The molecule has 4 rings (SSSR count). The molecule has 0 spiro atoms. The summed E-state index contributed by atoms with van der Waals surface area (Å²) in [6, 6.07) is 1.81. The van der Waals surface area contributed by atoms with E-state index in [1.54, 1.807) is 20.8 Å². The first-order valence-corrected chi connectivity index (χ1v) is 11.8. The Bertz CT molecular complexity index is 1180. The Labute approximate surface area is 211 Å². The molecule has 13 heteroatoms. The van der Waals surface area contributed by atoms with Gasteiger partial charge in [-0.25, -0.2) is 18.6 Å². The smallest absolute Gasteiger partial charge is 0.407 e. The van der Waals surface area contributed by atoms with Crippen LogP contribution in [0.15, 0.2) is 18.2 Å². The SMILES string of the molecule is CNC(=O)c1nc2c(n1C(F)F)CN([C@H]1CO[C@H](c3cc(F)ccc3F)[C@@H](NC(=O)OC(C)(C)C)C1)C2. The summed E-state index contributed by atoms with van der Waals surface area (Å²) in [6.07, 6.45) is -1.52. The first-order chi connectivity index (χ1) is 17.4. The molecule has 1 fully saturated rings. The van der Waals surface area contributed by atoms with Crippen molar-refractivity contribution in [3.8, 4) is 0 Å². The number of nitrogens with one attached hydrogen (secondary N) is 2. The minimum Gasteiger partial charge on any atom is -0.444 e. The average Bonchev–Trinajstić information content (AvgIpc) is 3.37. The molecule has 2 amide bonds. The van der Waals surface area contributed by atoms with Gasteiger partial charge in [0.2, 0.25) is 5.82 Å². The highest BCUT2D eigenvalue weighted by Gasteiger charge is 2.41. The Kier molecular flexibility index (Phi) is 7.47. The average molecular weight is 528 g/mol. The molecule has 2 aromatic rings. The molecule has 0 saturated carbocycles. The lowest BCUT2D eigenvalue weighted by Crippen LogP contribution is -2.52. The van der Waals surface area contributed by atoms with Gasteiger partial charge in [0, 0.05) is 31.7 Å². The van der Waals surface area contributed by atoms with E-state index in [9.17, 15) is 27.2 Å². The maximum atomic E-state index is 14.6. The highest BCUT2D eigenvalue weighted by molar-refractivity contribution is 5.90. The van der Waals surface area contributed by atoms with Crippen LogP contribution in [0.4, 0.5) is 22.4 Å². The molecular weight excluding hydrogens is 498 g/mol. The number of rotatable bonds is 5. The summed E-state index contributed by atoms with van der Waals surface area (Å²) in [7, 11) is 1.33. The maximum Gasteiger partial charge on any atom is 0.407 e. The van der Waals surface area contributed by atoms with Crippen molar-refractivity contribution < 1.29 is 36.6 Å². The number of amides is 2. The number of fused-ring (bicyclic) bond motifs is 1. The van der Waals surface area contributed by atoms with Crippen LogP contribution in [0.25, 0.3) is 0 Å². The van der Waals surface area contributed by atoms with Crippen LogP contribution in [0.3, 0.4) is 0 Å². The van der Waals surface area contributed by atoms with Crippen molar-refractivity contribution >= 4 is 12.0 Å². The normalized spacial score (nSPS) is 22.1. The second-order valence-electron chi connectivity index (χ2n) is 10.0. The molecule has 2 aliphatic heterocycles. The van der Waals surface area contributed by atoms with Crippen molar-refractivity contribution in [2.24, 2.45) is 0 Å². The molecule has 37 heavy (non-hydrogen) atoms. The van der Waals surface area contributed by atoms with Gasteiger partial charge in [-0.3, -0.25) is 14.3 Å². The predicted molar refractivity (Wildman–Crippen MR) is 123 cm³/mol. The van der Waals surface area contributed by atoms with E-state index in [0.717, 1.165) is 18.2 Å². The monoisotopic (exact) mass is 527 g/mol. The number of nitrogens with zero attached hydrogens (tertiary/aromatic N) is 3. The molecule has 3 heterocycles. The van der Waals surface area contributed by atoms with Gasteiger partial charge in [0.15, 0.2) is 0 Å². The van der Waals surface area contributed by atoms with Crippen LogP contribution in [0.5, 0.6) is 0 Å². The van der Waals surface area contributed by atoms with Gasteiger partial charge in [0.25, 0.3) is 5.91 Å². The van der Waals surface area contributed by atoms with Gasteiger partial charge in [0.05, 0.1) is 24.0 Å². The third kappa shape index (κ3) is 5.72. The number of carbonyl (C=O) groups is 2. The van der Waals surface area contributed by atoms with Crippen LogP contribution in [0.2, 0.25) is 0 Å². The molecule has 9 nitrogen and oxygen atoms in total. The van der Waals surface area contributed by atoms with E-state index in [2.05, 4.69) is 15.6 Å². The lowest BCUT2D eigenvalue weighted by Gasteiger charge is -2.40. The van der Waals surface area contributed by atoms with E-state index >= 15 is 0 Å². The molecule has 202 valence electrons. The third-order valence-corrected chi connectivity index (χ3v) is 6.27. The summed E-state index contributed by atoms with van der Waals surface area (Å²) in [5.41, 5.74) is -0.292. The van der Waals surface area contributed by atoms with Crippen LogP contribution < -0.4 is 10.6 Å². The summed E-state index contributed by atoms with van der Waals surface area (Å²) >= 11 is 0. The highest BCUT2D eigenvalue weighted by atomic mass is 19.3. The van der Waals surface area contributed by atoms with E-state index in [0.29, 0.717) is 10.3 Å². The van der Waals surface area contributed by atoms with E-state index in [-0.39, 0.29) is 49.2 Å². The van der Waals surface area contributed by atoms with Crippen molar-refractivity contribution in [2.75, 3.05) is 13.7 Å². The summed E-state index contributed by atoms with van der Waals surface area (Å²) < 4.78 is 68.0. The summed E-state index contributed by atoms with van der Waals surface area (Å²) in [5, 5.41) is 5.01. The van der Waals surface area contributed by atoms with E-state index < -0.39 is 47.9 Å². The fraction of sp³-hybridized carbons (Fsp3) is 0.542. The van der Waals surface area contributed by atoms with Gasteiger partial charge >= 0.3 is 12.6 Å². The Hall–Kier alpha value is -3.19. The fourth-order valence-corrected chi connectivity index (χ4v) is 4.69. The van der Waals surface area contributed by atoms with Crippen LogP contribution in [0, 0.1) is 11.6 Å². The quantitative estimate of drug-likeness (QED) is 0.577. The molecule has 0 radical (unpaired) electrons. The number of hydrogen-bond donors (Lipinski definition) is 2. The lowest BCUT2D eigenvalue weighted by atomic mass is 9.92. The van der Waals surface area contributed by atoms with Crippen molar-refractivity contribution in [3.63, 3.8) is 0 Å². The van der Waals surface area contributed by atoms with Gasteiger partial charge in [-0.15, -0.1) is 0 Å². The van der Waals surface area contributed by atoms with Gasteiger partial charge in [-0.05, 0) is 45.4 Å². The minimum atomic E-state index is -2.96. The third-order valence-electron chi connectivity index (χ3n) is 6.27. The second-order valence-corrected chi connectivity index (χ2v) is 10.0. The molecule has 2 aliphatic rings. The zero-order valence-electron chi connectivity index (χ0n) is 20.9. The number of hydrogen-bond acceptors (Lipinski definition) is 6. The predicted octanol–water partition coefficient (Wildman–Crippen LogP) is 3.66. The van der Waals surface area contributed by atoms with E-state index in [1.807, 2.05) is 4.90 Å². The first-order valence-electron chi connectivity index (χ1n) is 11.8. The van der Waals surface area contributed by atoms with Crippen LogP contribution in [-0.2, 0) is 22.6 Å². The lowest BCUT2D eigenvalue weighted by molar-refractivity contribution is -0.0634. The number of benzene rings is 1. The number of alkyl halides is 2. The molecule has 1 aromatic carbocycles. The molecule has 0 unspecified atom stereocenters. The summed E-state index contributed by atoms with van der Waals surface area (Å²) in [5.74, 6) is -2.43. The van der Waals surface area contributed by atoms with Crippen molar-refractivity contribution in [3.05, 3.63) is 52.6 Å². The number of carbonyl (C=O) groups excluding carboxylic acids is 2. The molecule has 1 aromatic heterocycles. The Balaban J connectivity index is 1.56. The van der Waals surface area contributed by atoms with Crippen molar-refractivity contribution in [1.29, 1.82) is 0 Å². The van der Waals surface area contributed by atoms with Crippen LogP contribution in [0.1, 0.15) is 67.4 Å². The van der Waals surface area contributed by atoms with Crippen LogP contribution >= 0.6 is 0 Å². The number of aromatic nitrogens is 2. The van der Waals surface area contributed by atoms with Crippen molar-refractivity contribution in [2.45, 2.75) is 70.6 Å². The van der Waals surface area contributed by atoms with Gasteiger partial charge in [-0.1, -0.05) is 0 Å². The van der Waals surface area contributed by atoms with Gasteiger partial charge in [0.1, 0.15) is 23.3 Å². The minimum absolute atomic E-state index is 0.0507. The van der Waals surface area contributed by atoms with E-state index in [1.165, 1.54) is 7.05 Å². The zero-order valence-corrected chi connectivity index (χ0v) is 20.9. The molecule has 0 bridgehead atoms. The Morgan fingerprint density at radius 2 is 1.95 bits per heavy atom. The first kappa shape index (κ1) is 26.9. The summed E-state index contributed by atoms with van der Waals surface area (Å²) in [4.78, 5) is 30.6. The number of imidazole rings is 1. The molecule has 2 N–H and O–H groups in total. The molecule has 1 saturated heterocycles. The van der Waals surface area contributed by atoms with Crippen LogP contribution in [-0.4, -0.2) is 57.8 Å².